The normalized spacial score (nSPS) is 16.2. The maximum absolute atomic E-state index is 12.5. The molecular weight excluding hydrogens is 408 g/mol. The summed E-state index contributed by atoms with van der Waals surface area (Å²) in [5.74, 6) is 0.0647. The third-order valence-corrected chi connectivity index (χ3v) is 8.30. The standard InChI is InChI=1S/C26H20O4S/c27-19-11-15-5-1-3-13-7-9-17-18-10-8-14-4-2-6-16-12-20(31(28,29)30)26(24(18)22(14)16)25(19)23(17)21(13)15/h7-12,27H,1-6H2,(H,28,29,30)/p-1. The van der Waals surface area contributed by atoms with E-state index in [2.05, 4.69) is 24.3 Å². The summed E-state index contributed by atoms with van der Waals surface area (Å²) in [5.41, 5.74) is 4.43. The van der Waals surface area contributed by atoms with Crippen LogP contribution in [0.5, 0.6) is 5.75 Å². The van der Waals surface area contributed by atoms with Crippen molar-refractivity contribution in [3.8, 4) is 5.75 Å². The van der Waals surface area contributed by atoms with Gasteiger partial charge in [-0.15, -0.1) is 0 Å². The number of hydrogen-bond donors (Lipinski definition) is 1. The van der Waals surface area contributed by atoms with E-state index in [-0.39, 0.29) is 10.6 Å². The summed E-state index contributed by atoms with van der Waals surface area (Å²) in [7, 11) is -4.73. The van der Waals surface area contributed by atoms with Crippen LogP contribution in [0.15, 0.2) is 41.3 Å². The zero-order valence-electron chi connectivity index (χ0n) is 16.8. The van der Waals surface area contributed by atoms with Crippen LogP contribution >= 0.6 is 0 Å². The third kappa shape index (κ3) is 2.15. The van der Waals surface area contributed by atoms with Crippen LogP contribution < -0.4 is 0 Å². The van der Waals surface area contributed by atoms with Gasteiger partial charge in [0.05, 0.1) is 4.90 Å². The molecule has 1 N–H and O–H groups in total. The lowest BCUT2D eigenvalue weighted by molar-refractivity contribution is 0.464. The predicted molar refractivity (Wildman–Crippen MR) is 121 cm³/mol. The summed E-state index contributed by atoms with van der Waals surface area (Å²) in [6, 6.07) is 11.9. The van der Waals surface area contributed by atoms with Crippen molar-refractivity contribution in [2.24, 2.45) is 0 Å². The van der Waals surface area contributed by atoms with Gasteiger partial charge in [0.1, 0.15) is 15.9 Å². The highest BCUT2D eigenvalue weighted by Gasteiger charge is 2.27. The predicted octanol–water partition coefficient (Wildman–Crippen LogP) is 5.32. The number of phenolic OH excluding ortho intramolecular Hbond substituents is 1. The van der Waals surface area contributed by atoms with Crippen LogP contribution in [0.3, 0.4) is 0 Å². The number of hydrogen-bond acceptors (Lipinski definition) is 4. The van der Waals surface area contributed by atoms with E-state index in [9.17, 15) is 18.1 Å². The maximum Gasteiger partial charge on any atom is 0.125 e. The molecule has 0 unspecified atom stereocenters. The molecule has 5 aromatic rings. The average molecular weight is 428 g/mol. The first-order valence-corrected chi connectivity index (χ1v) is 12.2. The molecule has 0 atom stereocenters. The first-order chi connectivity index (χ1) is 14.9. The van der Waals surface area contributed by atoms with E-state index in [4.69, 9.17) is 0 Å². The number of phenols is 1. The molecule has 31 heavy (non-hydrogen) atoms. The summed E-state index contributed by atoms with van der Waals surface area (Å²) in [6.45, 7) is 0. The second-order valence-corrected chi connectivity index (χ2v) is 10.4. The zero-order chi connectivity index (χ0) is 21.1. The first-order valence-electron chi connectivity index (χ1n) is 10.8. The minimum Gasteiger partial charge on any atom is -0.744 e. The molecule has 0 aliphatic heterocycles. The fourth-order valence-electron chi connectivity index (χ4n) is 6.30. The Kier molecular flexibility index (Phi) is 3.25. The highest BCUT2D eigenvalue weighted by molar-refractivity contribution is 7.86. The first kappa shape index (κ1) is 17.8. The van der Waals surface area contributed by atoms with E-state index >= 15 is 0 Å². The lowest BCUT2D eigenvalue weighted by Gasteiger charge is -2.27. The van der Waals surface area contributed by atoms with E-state index in [1.165, 1.54) is 11.1 Å². The third-order valence-electron chi connectivity index (χ3n) is 7.44. The van der Waals surface area contributed by atoms with Gasteiger partial charge >= 0.3 is 0 Å². The molecular formula is C26H19O4S-. The Bertz CT molecular complexity index is 1710. The molecule has 0 amide bonds. The van der Waals surface area contributed by atoms with E-state index in [1.807, 2.05) is 0 Å². The van der Waals surface area contributed by atoms with Crippen LogP contribution in [0.4, 0.5) is 0 Å². The van der Waals surface area contributed by atoms with Gasteiger partial charge in [0, 0.05) is 16.2 Å². The summed E-state index contributed by atoms with van der Waals surface area (Å²) in [4.78, 5) is -0.201. The number of benzene rings is 5. The Hall–Kier alpha value is -2.89. The Morgan fingerprint density at radius 3 is 1.74 bits per heavy atom. The number of rotatable bonds is 1. The molecule has 154 valence electrons. The second kappa shape index (κ2) is 5.67. The van der Waals surface area contributed by atoms with Crippen LogP contribution in [0.25, 0.3) is 43.1 Å². The zero-order valence-corrected chi connectivity index (χ0v) is 17.6. The fraction of sp³-hybridized carbons (Fsp3) is 0.231. The highest BCUT2D eigenvalue weighted by Crippen LogP contribution is 2.50. The second-order valence-electron chi connectivity index (χ2n) is 9.04. The highest BCUT2D eigenvalue weighted by atomic mass is 32.2. The molecule has 0 saturated carbocycles. The smallest absolute Gasteiger partial charge is 0.125 e. The molecule has 0 bridgehead atoms. The van der Waals surface area contributed by atoms with Crippen molar-refractivity contribution in [2.45, 2.75) is 43.4 Å². The molecule has 0 saturated heterocycles. The van der Waals surface area contributed by atoms with E-state index in [0.717, 1.165) is 82.0 Å². The van der Waals surface area contributed by atoms with Crippen molar-refractivity contribution >= 4 is 53.2 Å². The Morgan fingerprint density at radius 2 is 1.16 bits per heavy atom. The largest absolute Gasteiger partial charge is 0.744 e. The SMILES string of the molecule is O=S(=O)([O-])c1cc2c3c(ccc4c5ccc6c7c(cc(O)c(c1c34)c75)CCC6)CCC2. The van der Waals surface area contributed by atoms with Crippen LogP contribution in [0.1, 0.15) is 35.1 Å². The summed E-state index contributed by atoms with van der Waals surface area (Å²) in [5, 5.41) is 17.9. The topological polar surface area (TPSA) is 77.4 Å². The van der Waals surface area contributed by atoms with Crippen molar-refractivity contribution in [1.29, 1.82) is 0 Å². The molecule has 5 aromatic carbocycles. The molecule has 5 heteroatoms. The van der Waals surface area contributed by atoms with Gasteiger partial charge in [0.15, 0.2) is 0 Å². The lowest BCUT2D eigenvalue weighted by Crippen LogP contribution is -2.08. The van der Waals surface area contributed by atoms with Crippen LogP contribution in [-0.4, -0.2) is 18.1 Å². The van der Waals surface area contributed by atoms with Gasteiger partial charge in [0.25, 0.3) is 0 Å². The van der Waals surface area contributed by atoms with Gasteiger partial charge in [-0.3, -0.25) is 0 Å². The lowest BCUT2D eigenvalue weighted by atomic mass is 9.79. The molecule has 0 fully saturated rings. The van der Waals surface area contributed by atoms with Crippen molar-refractivity contribution in [1.82, 2.24) is 0 Å². The van der Waals surface area contributed by atoms with Crippen molar-refractivity contribution in [3.05, 3.63) is 58.7 Å². The molecule has 0 aromatic heterocycles. The molecule has 0 spiro atoms. The molecule has 0 heterocycles. The number of fused-ring (bicyclic) bond motifs is 2. The Balaban J connectivity index is 1.91. The minimum atomic E-state index is -4.73. The van der Waals surface area contributed by atoms with Crippen molar-refractivity contribution in [3.63, 3.8) is 0 Å². The van der Waals surface area contributed by atoms with E-state index < -0.39 is 10.1 Å². The van der Waals surface area contributed by atoms with E-state index in [0.29, 0.717) is 10.8 Å². The van der Waals surface area contributed by atoms with Crippen LogP contribution in [0, 0.1) is 0 Å². The van der Waals surface area contributed by atoms with Gasteiger partial charge in [-0.25, -0.2) is 8.42 Å². The van der Waals surface area contributed by atoms with Crippen molar-refractivity contribution < 1.29 is 18.1 Å². The molecule has 2 aliphatic carbocycles. The average Bonchev–Trinajstić information content (AvgIpc) is 2.75. The van der Waals surface area contributed by atoms with Gasteiger partial charge in [-0.05, 0) is 99.8 Å². The van der Waals surface area contributed by atoms with E-state index in [1.54, 1.807) is 12.1 Å². The summed E-state index contributed by atoms with van der Waals surface area (Å²) >= 11 is 0. The molecule has 2 aliphatic rings. The monoisotopic (exact) mass is 427 g/mol. The van der Waals surface area contributed by atoms with Gasteiger partial charge in [-0.2, -0.15) is 0 Å². The van der Waals surface area contributed by atoms with Gasteiger partial charge < -0.3 is 9.66 Å². The maximum atomic E-state index is 12.5. The molecule has 4 nitrogen and oxygen atoms in total. The fourth-order valence-corrected chi connectivity index (χ4v) is 7.05. The minimum absolute atomic E-state index is 0.0647. The Labute approximate surface area is 179 Å². The van der Waals surface area contributed by atoms with Crippen molar-refractivity contribution in [2.75, 3.05) is 0 Å². The van der Waals surface area contributed by atoms with Gasteiger partial charge in [-0.1, -0.05) is 24.3 Å². The quantitative estimate of drug-likeness (QED) is 0.223. The van der Waals surface area contributed by atoms with Crippen LogP contribution in [0.2, 0.25) is 0 Å². The van der Waals surface area contributed by atoms with Crippen LogP contribution in [-0.2, 0) is 35.8 Å². The summed E-state index contributed by atoms with van der Waals surface area (Å²) < 4.78 is 37.4. The molecule has 7 rings (SSSR count). The number of aromatic hydroxyl groups is 1. The van der Waals surface area contributed by atoms with Gasteiger partial charge in [0.2, 0.25) is 0 Å². The summed E-state index contributed by atoms with van der Waals surface area (Å²) in [6.07, 6.45) is 5.48. The number of aryl methyl sites for hydroxylation is 4. The Morgan fingerprint density at radius 1 is 0.645 bits per heavy atom. The molecule has 0 radical (unpaired) electrons.